The summed E-state index contributed by atoms with van der Waals surface area (Å²) in [5.41, 5.74) is 20.8. The van der Waals surface area contributed by atoms with Crippen LogP contribution in [-0.4, -0.2) is 0 Å². The summed E-state index contributed by atoms with van der Waals surface area (Å²) in [7, 11) is 0. The first-order valence-corrected chi connectivity index (χ1v) is 19.4. The van der Waals surface area contributed by atoms with Gasteiger partial charge in [-0.15, -0.1) is 0 Å². The first-order valence-electron chi connectivity index (χ1n) is 19.4. The molecule has 0 saturated heterocycles. The van der Waals surface area contributed by atoms with Gasteiger partial charge in [-0.05, 0) is 114 Å². The van der Waals surface area contributed by atoms with E-state index < -0.39 is 0 Å². The summed E-state index contributed by atoms with van der Waals surface area (Å²) in [5, 5.41) is 0. The molecule has 0 unspecified atom stereocenters. The maximum absolute atomic E-state index is 2.44. The minimum absolute atomic E-state index is 0.377. The number of benzene rings is 9. The molecular formula is C55H37N. The Balaban J connectivity index is 1.14. The maximum Gasteiger partial charge on any atom is 0.0725 e. The number of hydrogen-bond acceptors (Lipinski definition) is 1. The van der Waals surface area contributed by atoms with E-state index in [1.165, 1.54) is 77.9 Å². The predicted molar refractivity (Wildman–Crippen MR) is 234 cm³/mol. The van der Waals surface area contributed by atoms with Crippen LogP contribution < -0.4 is 4.90 Å². The summed E-state index contributed by atoms with van der Waals surface area (Å²) < 4.78 is 0. The molecule has 2 aliphatic rings. The Morgan fingerprint density at radius 3 is 1.16 bits per heavy atom. The minimum Gasteiger partial charge on any atom is -0.310 e. The molecule has 0 heterocycles. The highest BCUT2D eigenvalue weighted by Crippen LogP contribution is 2.63. The van der Waals surface area contributed by atoms with E-state index in [-0.39, 0.29) is 5.41 Å². The summed E-state index contributed by atoms with van der Waals surface area (Å²) in [6.45, 7) is 0. The first-order chi connectivity index (χ1) is 27.8. The van der Waals surface area contributed by atoms with Crippen molar-refractivity contribution in [2.75, 3.05) is 4.90 Å². The van der Waals surface area contributed by atoms with Crippen LogP contribution >= 0.6 is 0 Å². The molecule has 9 aromatic carbocycles. The van der Waals surface area contributed by atoms with Crippen molar-refractivity contribution in [3.8, 4) is 55.6 Å². The number of nitrogens with zero attached hydrogens (tertiary/aromatic N) is 1. The van der Waals surface area contributed by atoms with Crippen LogP contribution in [0.15, 0.2) is 224 Å². The molecule has 9 aromatic rings. The normalized spacial score (nSPS) is 12.8. The van der Waals surface area contributed by atoms with E-state index in [2.05, 4.69) is 229 Å². The molecule has 0 fully saturated rings. The Labute approximate surface area is 328 Å². The highest BCUT2D eigenvalue weighted by Gasteiger charge is 2.51. The van der Waals surface area contributed by atoms with E-state index in [9.17, 15) is 0 Å². The average molecular weight is 712 g/mol. The quantitative estimate of drug-likeness (QED) is 0.166. The summed E-state index contributed by atoms with van der Waals surface area (Å²) in [5.74, 6) is 0. The lowest BCUT2D eigenvalue weighted by atomic mass is 9.70. The molecule has 0 N–H and O–H groups in total. The van der Waals surface area contributed by atoms with Crippen molar-refractivity contribution in [3.63, 3.8) is 0 Å². The zero-order chi connectivity index (χ0) is 37.1. The Morgan fingerprint density at radius 2 is 0.607 bits per heavy atom. The van der Waals surface area contributed by atoms with E-state index in [0.29, 0.717) is 0 Å². The molecular weight excluding hydrogens is 675 g/mol. The van der Waals surface area contributed by atoms with Crippen LogP contribution in [0, 0.1) is 0 Å². The fourth-order valence-corrected chi connectivity index (χ4v) is 9.50. The smallest absolute Gasteiger partial charge is 0.0725 e. The van der Waals surface area contributed by atoms with E-state index in [1.807, 2.05) is 0 Å². The largest absolute Gasteiger partial charge is 0.310 e. The van der Waals surface area contributed by atoms with Gasteiger partial charge in [0, 0.05) is 17.1 Å². The molecule has 0 atom stereocenters. The van der Waals surface area contributed by atoms with E-state index in [0.717, 1.165) is 17.1 Å². The van der Waals surface area contributed by atoms with Crippen LogP contribution in [-0.2, 0) is 5.41 Å². The van der Waals surface area contributed by atoms with Crippen molar-refractivity contribution in [2.24, 2.45) is 0 Å². The Bertz CT molecular complexity index is 2850. The van der Waals surface area contributed by atoms with E-state index in [1.54, 1.807) is 0 Å². The fourth-order valence-electron chi connectivity index (χ4n) is 9.50. The van der Waals surface area contributed by atoms with Crippen molar-refractivity contribution in [3.05, 3.63) is 247 Å². The fraction of sp³-hybridized carbons (Fsp3) is 0.0182. The van der Waals surface area contributed by atoms with Crippen molar-refractivity contribution < 1.29 is 0 Å². The zero-order valence-corrected chi connectivity index (χ0v) is 30.8. The van der Waals surface area contributed by atoms with Gasteiger partial charge < -0.3 is 4.90 Å². The topological polar surface area (TPSA) is 3.24 Å². The summed E-state index contributed by atoms with van der Waals surface area (Å²) in [6.07, 6.45) is 0. The second kappa shape index (κ2) is 13.0. The highest BCUT2D eigenvalue weighted by atomic mass is 15.1. The number of hydrogen-bond donors (Lipinski definition) is 0. The first kappa shape index (κ1) is 32.2. The number of anilines is 3. The number of fused-ring (bicyclic) bond motifs is 10. The molecule has 56 heavy (non-hydrogen) atoms. The molecule has 0 radical (unpaired) electrons. The van der Waals surface area contributed by atoms with Gasteiger partial charge in [0.1, 0.15) is 0 Å². The Kier molecular flexibility index (Phi) is 7.47. The summed E-state index contributed by atoms with van der Waals surface area (Å²) in [6, 6.07) is 82.4. The van der Waals surface area contributed by atoms with E-state index >= 15 is 0 Å². The van der Waals surface area contributed by atoms with Crippen LogP contribution in [0.25, 0.3) is 55.6 Å². The molecule has 0 bridgehead atoms. The van der Waals surface area contributed by atoms with Crippen LogP contribution in [0.1, 0.15) is 22.3 Å². The third-order valence-corrected chi connectivity index (χ3v) is 11.9. The molecule has 1 nitrogen and oxygen atoms in total. The van der Waals surface area contributed by atoms with Gasteiger partial charge in [-0.3, -0.25) is 0 Å². The number of rotatable bonds is 6. The lowest BCUT2D eigenvalue weighted by Crippen LogP contribution is -2.25. The molecule has 1 heteroatoms. The van der Waals surface area contributed by atoms with Gasteiger partial charge >= 0.3 is 0 Å². The summed E-state index contributed by atoms with van der Waals surface area (Å²) >= 11 is 0. The van der Waals surface area contributed by atoms with Gasteiger partial charge in [0.05, 0.1) is 5.41 Å². The van der Waals surface area contributed by atoms with Gasteiger partial charge in [-0.2, -0.15) is 0 Å². The van der Waals surface area contributed by atoms with Crippen molar-refractivity contribution >= 4 is 17.1 Å². The molecule has 2 aliphatic carbocycles. The summed E-state index contributed by atoms with van der Waals surface area (Å²) in [4.78, 5) is 2.43. The zero-order valence-electron chi connectivity index (χ0n) is 30.8. The monoisotopic (exact) mass is 711 g/mol. The molecule has 0 aromatic heterocycles. The van der Waals surface area contributed by atoms with Crippen molar-refractivity contribution in [1.29, 1.82) is 0 Å². The lowest BCUT2D eigenvalue weighted by molar-refractivity contribution is 0.794. The van der Waals surface area contributed by atoms with Gasteiger partial charge in [0.15, 0.2) is 0 Å². The third kappa shape index (κ3) is 4.88. The second-order valence-electron chi connectivity index (χ2n) is 14.8. The molecule has 1 spiro atoms. The highest BCUT2D eigenvalue weighted by molar-refractivity contribution is 5.97. The molecule has 0 amide bonds. The Morgan fingerprint density at radius 1 is 0.232 bits per heavy atom. The van der Waals surface area contributed by atoms with Crippen LogP contribution in [0.4, 0.5) is 17.1 Å². The maximum atomic E-state index is 2.44. The standard InChI is InChI=1S/C55H37N/c1-4-16-38(17-5-1)39-28-30-42(31-29-39)56(43-32-34-45(40-18-6-2-7-19-40)49(36-43)41-20-8-3-9-21-41)44-33-35-54-50(37-44)48-24-12-15-27-53(48)55(54)51-25-13-10-22-46(51)47-23-11-14-26-52(47)55/h1-37H. The average Bonchev–Trinajstić information content (AvgIpc) is 3.75. The van der Waals surface area contributed by atoms with Crippen molar-refractivity contribution in [1.82, 2.24) is 0 Å². The van der Waals surface area contributed by atoms with Gasteiger partial charge in [0.25, 0.3) is 0 Å². The van der Waals surface area contributed by atoms with Gasteiger partial charge in [-0.1, -0.05) is 188 Å². The molecule has 0 aliphatic heterocycles. The molecule has 0 saturated carbocycles. The second-order valence-corrected chi connectivity index (χ2v) is 14.8. The van der Waals surface area contributed by atoms with Crippen molar-refractivity contribution in [2.45, 2.75) is 5.41 Å². The van der Waals surface area contributed by atoms with Crippen LogP contribution in [0.3, 0.4) is 0 Å². The van der Waals surface area contributed by atoms with Crippen LogP contribution in [0.5, 0.6) is 0 Å². The minimum atomic E-state index is -0.377. The predicted octanol–water partition coefficient (Wildman–Crippen LogP) is 14.5. The van der Waals surface area contributed by atoms with Gasteiger partial charge in [0.2, 0.25) is 0 Å². The third-order valence-electron chi connectivity index (χ3n) is 11.9. The molecule has 11 rings (SSSR count). The lowest BCUT2D eigenvalue weighted by Gasteiger charge is -2.31. The SMILES string of the molecule is c1ccc(-c2ccc(N(c3ccc(-c4ccccc4)c(-c4ccccc4)c3)c3ccc4c(c3)-c3ccccc3C43c4ccccc4-c4ccccc43)cc2)cc1. The molecule has 262 valence electrons. The van der Waals surface area contributed by atoms with E-state index in [4.69, 9.17) is 0 Å². The van der Waals surface area contributed by atoms with Crippen LogP contribution in [0.2, 0.25) is 0 Å². The van der Waals surface area contributed by atoms with Gasteiger partial charge in [-0.25, -0.2) is 0 Å². The Hall–Kier alpha value is -7.22.